The number of aromatic amines is 1. The molecule has 3 heteroatoms. The Morgan fingerprint density at radius 2 is 1.83 bits per heavy atom. The number of aryl methyl sites for hydroxylation is 2. The predicted molar refractivity (Wildman–Crippen MR) is 76.6 cm³/mol. The lowest BCUT2D eigenvalue weighted by molar-refractivity contribution is 0.590. The SMILES string of the molecule is Cc1cc(C(C)(C)C)ccc1-c1n[nH]c(C)c1N. The minimum atomic E-state index is 0.163. The largest absolute Gasteiger partial charge is 0.395 e. The summed E-state index contributed by atoms with van der Waals surface area (Å²) < 4.78 is 0. The number of nitrogens with one attached hydrogen (secondary N) is 1. The molecule has 0 amide bonds. The Labute approximate surface area is 108 Å². The zero-order valence-electron chi connectivity index (χ0n) is 11.8. The first kappa shape index (κ1) is 12.7. The summed E-state index contributed by atoms with van der Waals surface area (Å²) in [5.74, 6) is 0. The van der Waals surface area contributed by atoms with Crippen molar-refractivity contribution >= 4 is 5.69 Å². The van der Waals surface area contributed by atoms with Crippen molar-refractivity contribution in [3.8, 4) is 11.3 Å². The average Bonchev–Trinajstić information content (AvgIpc) is 2.59. The highest BCUT2D eigenvalue weighted by atomic mass is 15.1. The van der Waals surface area contributed by atoms with Crippen molar-refractivity contribution in [3.63, 3.8) is 0 Å². The van der Waals surface area contributed by atoms with E-state index >= 15 is 0 Å². The highest BCUT2D eigenvalue weighted by Gasteiger charge is 2.16. The molecular weight excluding hydrogens is 222 g/mol. The zero-order valence-corrected chi connectivity index (χ0v) is 11.8. The van der Waals surface area contributed by atoms with Crippen LogP contribution in [0.4, 0.5) is 5.69 Å². The molecule has 3 N–H and O–H groups in total. The molecule has 0 atom stereocenters. The van der Waals surface area contributed by atoms with Crippen molar-refractivity contribution < 1.29 is 0 Å². The first-order valence-corrected chi connectivity index (χ1v) is 6.22. The molecular formula is C15H21N3. The second-order valence-corrected chi connectivity index (χ2v) is 5.89. The van der Waals surface area contributed by atoms with Gasteiger partial charge in [0, 0.05) is 5.56 Å². The van der Waals surface area contributed by atoms with Crippen LogP contribution in [-0.4, -0.2) is 10.2 Å². The lowest BCUT2D eigenvalue weighted by Gasteiger charge is -2.20. The Hall–Kier alpha value is -1.77. The summed E-state index contributed by atoms with van der Waals surface area (Å²) in [6, 6.07) is 6.49. The number of nitrogens with zero attached hydrogens (tertiary/aromatic N) is 1. The monoisotopic (exact) mass is 243 g/mol. The quantitative estimate of drug-likeness (QED) is 0.804. The molecule has 0 unspecified atom stereocenters. The van der Waals surface area contributed by atoms with Gasteiger partial charge in [0.1, 0.15) is 5.69 Å². The van der Waals surface area contributed by atoms with E-state index in [4.69, 9.17) is 5.73 Å². The Kier molecular flexibility index (Phi) is 2.93. The number of hydrogen-bond acceptors (Lipinski definition) is 2. The van der Waals surface area contributed by atoms with E-state index in [1.165, 1.54) is 11.1 Å². The number of anilines is 1. The minimum Gasteiger partial charge on any atom is -0.395 e. The van der Waals surface area contributed by atoms with Crippen LogP contribution in [0.3, 0.4) is 0 Å². The molecule has 0 spiro atoms. The van der Waals surface area contributed by atoms with E-state index in [2.05, 4.69) is 56.1 Å². The molecule has 0 bridgehead atoms. The van der Waals surface area contributed by atoms with Crippen molar-refractivity contribution in [2.75, 3.05) is 5.73 Å². The second kappa shape index (κ2) is 4.16. The normalized spacial score (nSPS) is 11.8. The van der Waals surface area contributed by atoms with Gasteiger partial charge >= 0.3 is 0 Å². The van der Waals surface area contributed by atoms with Crippen molar-refractivity contribution in [1.82, 2.24) is 10.2 Å². The molecule has 0 aliphatic heterocycles. The van der Waals surface area contributed by atoms with Crippen LogP contribution < -0.4 is 5.73 Å². The van der Waals surface area contributed by atoms with E-state index in [1.807, 2.05) is 6.92 Å². The number of rotatable bonds is 1. The third-order valence-corrected chi connectivity index (χ3v) is 3.34. The first-order valence-electron chi connectivity index (χ1n) is 6.22. The fourth-order valence-corrected chi connectivity index (χ4v) is 2.04. The van der Waals surface area contributed by atoms with Crippen LogP contribution in [0.5, 0.6) is 0 Å². The highest BCUT2D eigenvalue weighted by molar-refractivity contribution is 5.76. The van der Waals surface area contributed by atoms with Gasteiger partial charge in [-0.1, -0.05) is 39.0 Å². The van der Waals surface area contributed by atoms with Gasteiger partial charge in [-0.25, -0.2) is 0 Å². The standard InChI is InChI=1S/C15H21N3/c1-9-8-11(15(3,4)5)6-7-12(9)14-13(16)10(2)17-18-14/h6-8H,16H2,1-5H3,(H,17,18). The molecule has 0 saturated carbocycles. The molecule has 1 aromatic heterocycles. The zero-order chi connectivity index (χ0) is 13.5. The average molecular weight is 243 g/mol. The maximum absolute atomic E-state index is 6.03. The number of nitrogen functional groups attached to an aromatic ring is 1. The van der Waals surface area contributed by atoms with Crippen LogP contribution >= 0.6 is 0 Å². The van der Waals surface area contributed by atoms with Crippen LogP contribution in [-0.2, 0) is 5.41 Å². The van der Waals surface area contributed by atoms with E-state index in [1.54, 1.807) is 0 Å². The highest BCUT2D eigenvalue weighted by Crippen LogP contribution is 2.31. The van der Waals surface area contributed by atoms with Gasteiger partial charge < -0.3 is 5.73 Å². The maximum atomic E-state index is 6.03. The Balaban J connectivity index is 2.52. The molecule has 96 valence electrons. The summed E-state index contributed by atoms with van der Waals surface area (Å²) >= 11 is 0. The number of hydrogen-bond donors (Lipinski definition) is 2. The van der Waals surface area contributed by atoms with Gasteiger partial charge in [-0.15, -0.1) is 0 Å². The van der Waals surface area contributed by atoms with Gasteiger partial charge in [-0.3, -0.25) is 5.10 Å². The molecule has 1 aromatic carbocycles. The lowest BCUT2D eigenvalue weighted by Crippen LogP contribution is -2.11. The third kappa shape index (κ3) is 2.13. The molecule has 3 nitrogen and oxygen atoms in total. The molecule has 0 fully saturated rings. The Morgan fingerprint density at radius 1 is 1.17 bits per heavy atom. The lowest BCUT2D eigenvalue weighted by atomic mass is 9.85. The summed E-state index contributed by atoms with van der Waals surface area (Å²) in [5.41, 5.74) is 12.3. The first-order chi connectivity index (χ1) is 8.30. The maximum Gasteiger partial charge on any atom is 0.116 e. The fourth-order valence-electron chi connectivity index (χ4n) is 2.04. The van der Waals surface area contributed by atoms with Crippen molar-refractivity contribution in [1.29, 1.82) is 0 Å². The van der Waals surface area contributed by atoms with Crippen LogP contribution in [0.2, 0.25) is 0 Å². The van der Waals surface area contributed by atoms with Crippen LogP contribution in [0.15, 0.2) is 18.2 Å². The fraction of sp³-hybridized carbons (Fsp3) is 0.400. The smallest absolute Gasteiger partial charge is 0.116 e. The Bertz CT molecular complexity index is 574. The van der Waals surface area contributed by atoms with Crippen molar-refractivity contribution in [2.24, 2.45) is 0 Å². The molecule has 0 aliphatic rings. The van der Waals surface area contributed by atoms with Gasteiger partial charge in [0.2, 0.25) is 0 Å². The van der Waals surface area contributed by atoms with Crippen LogP contribution in [0, 0.1) is 13.8 Å². The summed E-state index contributed by atoms with van der Waals surface area (Å²) in [5, 5.41) is 7.22. The Morgan fingerprint density at radius 3 is 2.28 bits per heavy atom. The molecule has 2 rings (SSSR count). The summed E-state index contributed by atoms with van der Waals surface area (Å²) in [6.07, 6.45) is 0. The molecule has 2 aromatic rings. The van der Waals surface area contributed by atoms with E-state index in [0.29, 0.717) is 0 Å². The number of benzene rings is 1. The molecule has 0 saturated heterocycles. The van der Waals surface area contributed by atoms with E-state index in [9.17, 15) is 0 Å². The topological polar surface area (TPSA) is 54.7 Å². The molecule has 1 heterocycles. The molecule has 18 heavy (non-hydrogen) atoms. The summed E-state index contributed by atoms with van der Waals surface area (Å²) in [4.78, 5) is 0. The van der Waals surface area contributed by atoms with Crippen molar-refractivity contribution in [3.05, 3.63) is 35.0 Å². The van der Waals surface area contributed by atoms with Gasteiger partial charge in [0.05, 0.1) is 11.4 Å². The van der Waals surface area contributed by atoms with E-state index in [-0.39, 0.29) is 5.41 Å². The number of H-pyrrole nitrogens is 1. The van der Waals surface area contributed by atoms with E-state index in [0.717, 1.165) is 22.6 Å². The van der Waals surface area contributed by atoms with Crippen LogP contribution in [0.1, 0.15) is 37.6 Å². The summed E-state index contributed by atoms with van der Waals surface area (Å²) in [7, 11) is 0. The number of aromatic nitrogens is 2. The summed E-state index contributed by atoms with van der Waals surface area (Å²) in [6.45, 7) is 10.7. The molecule has 0 aliphatic carbocycles. The number of nitrogens with two attached hydrogens (primary N) is 1. The van der Waals surface area contributed by atoms with Gasteiger partial charge in [0.25, 0.3) is 0 Å². The minimum absolute atomic E-state index is 0.163. The molecule has 0 radical (unpaired) electrons. The van der Waals surface area contributed by atoms with Crippen molar-refractivity contribution in [2.45, 2.75) is 40.0 Å². The van der Waals surface area contributed by atoms with Crippen LogP contribution in [0.25, 0.3) is 11.3 Å². The third-order valence-electron chi connectivity index (χ3n) is 3.34. The van der Waals surface area contributed by atoms with Gasteiger partial charge in [-0.05, 0) is 30.4 Å². The second-order valence-electron chi connectivity index (χ2n) is 5.89. The van der Waals surface area contributed by atoms with E-state index < -0.39 is 0 Å². The predicted octanol–water partition coefficient (Wildman–Crippen LogP) is 3.57. The van der Waals surface area contributed by atoms with Gasteiger partial charge in [0.15, 0.2) is 0 Å². The van der Waals surface area contributed by atoms with Gasteiger partial charge in [-0.2, -0.15) is 5.10 Å².